The Balaban J connectivity index is 3.72. The van der Waals surface area contributed by atoms with Crippen molar-refractivity contribution in [2.45, 2.75) is 77.4 Å². The molecule has 0 aromatic carbocycles. The zero-order valence-electron chi connectivity index (χ0n) is 14.0. The fourth-order valence-electron chi connectivity index (χ4n) is 1.62. The lowest BCUT2D eigenvalue weighted by molar-refractivity contribution is -0.153. The third-order valence-electron chi connectivity index (χ3n) is 2.94. The summed E-state index contributed by atoms with van der Waals surface area (Å²) >= 11 is 0. The van der Waals surface area contributed by atoms with Gasteiger partial charge in [-0.15, -0.1) is 12.8 Å². The van der Waals surface area contributed by atoms with E-state index < -0.39 is 11.2 Å². The van der Waals surface area contributed by atoms with Gasteiger partial charge in [-0.2, -0.15) is 0 Å². The first-order chi connectivity index (χ1) is 10.1. The lowest BCUT2D eigenvalue weighted by Crippen LogP contribution is -2.25. The zero-order valence-corrected chi connectivity index (χ0v) is 14.0. The Kier molecular flexibility index (Phi) is 8.35. The van der Waals surface area contributed by atoms with E-state index in [4.69, 9.17) is 22.3 Å². The maximum atomic E-state index is 11.5. The highest BCUT2D eigenvalue weighted by atomic mass is 16.6. The van der Waals surface area contributed by atoms with Crippen LogP contribution in [0.25, 0.3) is 0 Å². The highest BCUT2D eigenvalue weighted by molar-refractivity contribution is 5.70. The molecule has 0 aliphatic rings. The molecule has 122 valence electrons. The summed E-state index contributed by atoms with van der Waals surface area (Å²) in [5.41, 5.74) is -1.71. The largest absolute Gasteiger partial charge is 0.446 e. The summed E-state index contributed by atoms with van der Waals surface area (Å²) in [5, 5.41) is 0. The Hall–Kier alpha value is -1.94. The summed E-state index contributed by atoms with van der Waals surface area (Å²) in [4.78, 5) is 23.1. The molecule has 0 aliphatic carbocycles. The van der Waals surface area contributed by atoms with Gasteiger partial charge in [-0.05, 0) is 40.5 Å². The topological polar surface area (TPSA) is 52.6 Å². The average molecular weight is 306 g/mol. The van der Waals surface area contributed by atoms with Crippen LogP contribution < -0.4 is 0 Å². The Bertz CT molecular complexity index is 416. The minimum absolute atomic E-state index is 0.293. The molecule has 0 unspecified atom stereocenters. The SMILES string of the molecule is C#CC(C)(C)OC(=O)CCCCCCC(=O)OC(C)(C)C#C. The highest BCUT2D eigenvalue weighted by Crippen LogP contribution is 2.13. The molecule has 0 bridgehead atoms. The van der Waals surface area contributed by atoms with Crippen LogP contribution in [0, 0.1) is 24.7 Å². The molecule has 0 rings (SSSR count). The van der Waals surface area contributed by atoms with Gasteiger partial charge in [0.15, 0.2) is 11.2 Å². The number of esters is 2. The van der Waals surface area contributed by atoms with Gasteiger partial charge in [0.25, 0.3) is 0 Å². The van der Waals surface area contributed by atoms with E-state index in [2.05, 4.69) is 11.8 Å². The van der Waals surface area contributed by atoms with Crippen LogP contribution in [-0.4, -0.2) is 23.1 Å². The molecule has 4 nitrogen and oxygen atoms in total. The van der Waals surface area contributed by atoms with Crippen molar-refractivity contribution in [2.75, 3.05) is 0 Å². The van der Waals surface area contributed by atoms with Crippen LogP contribution in [0.5, 0.6) is 0 Å². The molecule has 0 radical (unpaired) electrons. The second kappa shape index (κ2) is 9.15. The normalized spacial score (nSPS) is 11.2. The van der Waals surface area contributed by atoms with Crippen LogP contribution in [0.4, 0.5) is 0 Å². The summed E-state index contributed by atoms with van der Waals surface area (Å²) in [6.45, 7) is 6.70. The maximum absolute atomic E-state index is 11.5. The fourth-order valence-corrected chi connectivity index (χ4v) is 1.62. The number of hydrogen-bond donors (Lipinski definition) is 0. The second-order valence-electron chi connectivity index (χ2n) is 6.17. The second-order valence-corrected chi connectivity index (χ2v) is 6.17. The van der Waals surface area contributed by atoms with E-state index in [1.165, 1.54) is 0 Å². The number of rotatable bonds is 9. The first-order valence-corrected chi connectivity index (χ1v) is 7.51. The van der Waals surface area contributed by atoms with E-state index >= 15 is 0 Å². The summed E-state index contributed by atoms with van der Waals surface area (Å²) < 4.78 is 10.3. The molecule has 0 atom stereocenters. The lowest BCUT2D eigenvalue weighted by Gasteiger charge is -2.18. The van der Waals surface area contributed by atoms with E-state index in [0.717, 1.165) is 12.8 Å². The van der Waals surface area contributed by atoms with Crippen molar-refractivity contribution in [1.82, 2.24) is 0 Å². The molecule has 4 heteroatoms. The minimum atomic E-state index is -0.856. The quantitative estimate of drug-likeness (QED) is 0.373. The molecular weight excluding hydrogens is 280 g/mol. The zero-order chi connectivity index (χ0) is 17.2. The predicted octanol–water partition coefficient (Wildman–Crippen LogP) is 3.24. The van der Waals surface area contributed by atoms with Gasteiger partial charge < -0.3 is 9.47 Å². The van der Waals surface area contributed by atoms with Gasteiger partial charge in [0.05, 0.1) is 0 Å². The third kappa shape index (κ3) is 9.88. The summed E-state index contributed by atoms with van der Waals surface area (Å²) in [5.74, 6) is 4.23. The van der Waals surface area contributed by atoms with E-state index in [0.29, 0.717) is 25.7 Å². The molecule has 0 aromatic rings. The van der Waals surface area contributed by atoms with Crippen molar-refractivity contribution in [3.63, 3.8) is 0 Å². The summed E-state index contributed by atoms with van der Waals surface area (Å²) in [7, 11) is 0. The van der Waals surface area contributed by atoms with Gasteiger partial charge in [-0.1, -0.05) is 24.7 Å². The lowest BCUT2D eigenvalue weighted by atomic mass is 10.1. The van der Waals surface area contributed by atoms with Crippen LogP contribution in [0.3, 0.4) is 0 Å². The van der Waals surface area contributed by atoms with Crippen LogP contribution in [-0.2, 0) is 19.1 Å². The van der Waals surface area contributed by atoms with Gasteiger partial charge in [-0.3, -0.25) is 9.59 Å². The molecule has 0 amide bonds. The number of unbranched alkanes of at least 4 members (excludes halogenated alkanes) is 3. The molecule has 0 saturated carbocycles. The van der Waals surface area contributed by atoms with Crippen molar-refractivity contribution in [1.29, 1.82) is 0 Å². The van der Waals surface area contributed by atoms with Crippen LogP contribution in [0.1, 0.15) is 66.2 Å². The van der Waals surface area contributed by atoms with E-state index in [1.807, 2.05) is 0 Å². The minimum Gasteiger partial charge on any atom is -0.446 e. The number of ether oxygens (including phenoxy) is 2. The van der Waals surface area contributed by atoms with Crippen LogP contribution in [0.2, 0.25) is 0 Å². The molecule has 0 aliphatic heterocycles. The Labute approximate surface area is 133 Å². The molecule has 0 spiro atoms. The first-order valence-electron chi connectivity index (χ1n) is 7.51. The monoisotopic (exact) mass is 306 g/mol. The smallest absolute Gasteiger partial charge is 0.307 e. The molecule has 0 aromatic heterocycles. The number of carbonyl (C=O) groups is 2. The van der Waals surface area contributed by atoms with Gasteiger partial charge in [0, 0.05) is 12.8 Å². The molecule has 0 fully saturated rings. The van der Waals surface area contributed by atoms with Crippen LogP contribution in [0.15, 0.2) is 0 Å². The molecule has 22 heavy (non-hydrogen) atoms. The Morgan fingerprint density at radius 2 is 1.09 bits per heavy atom. The Morgan fingerprint density at radius 1 is 0.773 bits per heavy atom. The maximum Gasteiger partial charge on any atom is 0.307 e. The molecule has 0 N–H and O–H groups in total. The first kappa shape index (κ1) is 20.1. The number of carbonyl (C=O) groups excluding carboxylic acids is 2. The summed E-state index contributed by atoms with van der Waals surface area (Å²) in [6, 6.07) is 0. The number of hydrogen-bond acceptors (Lipinski definition) is 4. The summed E-state index contributed by atoms with van der Waals surface area (Å²) in [6.07, 6.45) is 14.3. The van der Waals surface area contributed by atoms with E-state index in [9.17, 15) is 9.59 Å². The van der Waals surface area contributed by atoms with Gasteiger partial charge in [-0.25, -0.2) is 0 Å². The van der Waals surface area contributed by atoms with Crippen molar-refractivity contribution in [3.05, 3.63) is 0 Å². The average Bonchev–Trinajstić information content (AvgIpc) is 2.41. The Morgan fingerprint density at radius 3 is 1.36 bits per heavy atom. The van der Waals surface area contributed by atoms with E-state index in [1.54, 1.807) is 27.7 Å². The fraction of sp³-hybridized carbons (Fsp3) is 0.667. The van der Waals surface area contributed by atoms with Gasteiger partial charge in [0.2, 0.25) is 0 Å². The third-order valence-corrected chi connectivity index (χ3v) is 2.94. The van der Waals surface area contributed by atoms with Crippen molar-refractivity contribution >= 4 is 11.9 Å². The van der Waals surface area contributed by atoms with Gasteiger partial charge >= 0.3 is 11.9 Å². The molecular formula is C18H26O4. The van der Waals surface area contributed by atoms with E-state index in [-0.39, 0.29) is 11.9 Å². The van der Waals surface area contributed by atoms with Gasteiger partial charge in [0.1, 0.15) is 0 Å². The van der Waals surface area contributed by atoms with Crippen molar-refractivity contribution in [3.8, 4) is 24.7 Å². The predicted molar refractivity (Wildman–Crippen MR) is 85.7 cm³/mol. The highest BCUT2D eigenvalue weighted by Gasteiger charge is 2.20. The number of terminal acetylenes is 2. The molecule has 0 saturated heterocycles. The standard InChI is InChI=1S/C18H26O4/c1-7-17(3,4)21-15(19)13-11-9-10-12-14-16(20)22-18(5,6)8-2/h1-2H,9-14H2,3-6H3. The molecule has 0 heterocycles. The van der Waals surface area contributed by atoms with Crippen LogP contribution >= 0.6 is 0 Å². The van der Waals surface area contributed by atoms with Crippen molar-refractivity contribution in [2.24, 2.45) is 0 Å². The van der Waals surface area contributed by atoms with Crippen molar-refractivity contribution < 1.29 is 19.1 Å².